The Morgan fingerprint density at radius 1 is 1.11 bits per heavy atom. The molecule has 5 heteroatoms. The summed E-state index contributed by atoms with van der Waals surface area (Å²) in [6.07, 6.45) is 0. The first-order chi connectivity index (χ1) is 8.97. The van der Waals surface area contributed by atoms with E-state index in [1.807, 2.05) is 31.2 Å². The lowest BCUT2D eigenvalue weighted by Gasteiger charge is -2.13. The first-order valence-electron chi connectivity index (χ1n) is 5.65. The first-order valence-corrected chi connectivity index (χ1v) is 8.02. The van der Waals surface area contributed by atoms with Crippen LogP contribution in [0.2, 0.25) is 10.0 Å². The van der Waals surface area contributed by atoms with Gasteiger partial charge < -0.3 is 5.73 Å². The van der Waals surface area contributed by atoms with Gasteiger partial charge in [-0.15, -0.1) is 0 Å². The molecule has 0 aliphatic carbocycles. The lowest BCUT2D eigenvalue weighted by molar-refractivity contribution is 0.796. The van der Waals surface area contributed by atoms with Gasteiger partial charge in [-0.3, -0.25) is 0 Å². The molecule has 0 aliphatic heterocycles. The standard InChI is InChI=1S/C14H12BrCl2NS/c1-8(18)11-6-9(15)2-5-14(11)19-10-3-4-12(16)13(17)7-10/h2-8H,18H2,1H3. The highest BCUT2D eigenvalue weighted by molar-refractivity contribution is 9.10. The van der Waals surface area contributed by atoms with Gasteiger partial charge in [0.1, 0.15) is 0 Å². The van der Waals surface area contributed by atoms with E-state index in [2.05, 4.69) is 22.0 Å². The van der Waals surface area contributed by atoms with Crippen LogP contribution in [0.1, 0.15) is 18.5 Å². The fourth-order valence-electron chi connectivity index (χ4n) is 1.64. The van der Waals surface area contributed by atoms with E-state index in [-0.39, 0.29) is 6.04 Å². The maximum absolute atomic E-state index is 6.03. The second-order valence-corrected chi connectivity index (χ2v) is 6.99. The highest BCUT2D eigenvalue weighted by Crippen LogP contribution is 2.36. The lowest BCUT2D eigenvalue weighted by atomic mass is 10.1. The van der Waals surface area contributed by atoms with Crippen molar-refractivity contribution in [2.24, 2.45) is 5.73 Å². The predicted octanol–water partition coefficient (Wildman–Crippen LogP) is 5.93. The molecule has 0 bridgehead atoms. The summed E-state index contributed by atoms with van der Waals surface area (Å²) >= 11 is 17.0. The molecule has 0 amide bonds. The molecule has 0 aromatic heterocycles. The summed E-state index contributed by atoms with van der Waals surface area (Å²) in [6, 6.07) is 11.7. The molecule has 2 aromatic carbocycles. The van der Waals surface area contributed by atoms with Gasteiger partial charge in [0.2, 0.25) is 0 Å². The van der Waals surface area contributed by atoms with Crippen molar-refractivity contribution in [1.29, 1.82) is 0 Å². The Balaban J connectivity index is 2.35. The van der Waals surface area contributed by atoms with Crippen LogP contribution in [0.15, 0.2) is 50.7 Å². The van der Waals surface area contributed by atoms with Gasteiger partial charge >= 0.3 is 0 Å². The topological polar surface area (TPSA) is 26.0 Å². The molecule has 100 valence electrons. The first kappa shape index (κ1) is 15.2. The highest BCUT2D eigenvalue weighted by Gasteiger charge is 2.10. The maximum Gasteiger partial charge on any atom is 0.0603 e. The molecule has 2 aromatic rings. The van der Waals surface area contributed by atoms with Crippen molar-refractivity contribution in [3.05, 3.63) is 56.5 Å². The summed E-state index contributed by atoms with van der Waals surface area (Å²) in [4.78, 5) is 2.16. The van der Waals surface area contributed by atoms with Gasteiger partial charge in [-0.1, -0.05) is 50.9 Å². The monoisotopic (exact) mass is 375 g/mol. The smallest absolute Gasteiger partial charge is 0.0603 e. The number of nitrogens with two attached hydrogens (primary N) is 1. The number of halogens is 3. The molecule has 0 spiro atoms. The third kappa shape index (κ3) is 3.89. The number of hydrogen-bond acceptors (Lipinski definition) is 2. The van der Waals surface area contributed by atoms with E-state index in [1.54, 1.807) is 17.8 Å². The Morgan fingerprint density at radius 2 is 1.84 bits per heavy atom. The molecule has 0 fully saturated rings. The zero-order valence-electron chi connectivity index (χ0n) is 10.2. The molecule has 0 heterocycles. The molecule has 1 nitrogen and oxygen atoms in total. The van der Waals surface area contributed by atoms with Crippen molar-refractivity contribution < 1.29 is 0 Å². The Morgan fingerprint density at radius 3 is 2.47 bits per heavy atom. The fourth-order valence-corrected chi connectivity index (χ4v) is 3.44. The molecule has 0 saturated carbocycles. The van der Waals surface area contributed by atoms with Crippen LogP contribution in [-0.4, -0.2) is 0 Å². The van der Waals surface area contributed by atoms with Crippen LogP contribution < -0.4 is 5.73 Å². The van der Waals surface area contributed by atoms with Crippen LogP contribution in [0, 0.1) is 0 Å². The van der Waals surface area contributed by atoms with Gasteiger partial charge in [0.05, 0.1) is 10.0 Å². The van der Waals surface area contributed by atoms with Crippen LogP contribution in [0.4, 0.5) is 0 Å². The number of benzene rings is 2. The Labute approximate surface area is 135 Å². The van der Waals surface area contributed by atoms with Crippen LogP contribution in [0.3, 0.4) is 0 Å². The minimum Gasteiger partial charge on any atom is -0.324 e. The molecular weight excluding hydrogens is 365 g/mol. The van der Waals surface area contributed by atoms with Crippen molar-refractivity contribution >= 4 is 50.9 Å². The van der Waals surface area contributed by atoms with E-state index in [4.69, 9.17) is 28.9 Å². The molecule has 2 rings (SSSR count). The van der Waals surface area contributed by atoms with Crippen molar-refractivity contribution in [3.8, 4) is 0 Å². The van der Waals surface area contributed by atoms with Crippen LogP contribution in [0.5, 0.6) is 0 Å². The van der Waals surface area contributed by atoms with Gasteiger partial charge in [0.25, 0.3) is 0 Å². The largest absolute Gasteiger partial charge is 0.324 e. The van der Waals surface area contributed by atoms with Crippen LogP contribution in [-0.2, 0) is 0 Å². The van der Waals surface area contributed by atoms with E-state index in [0.29, 0.717) is 10.0 Å². The minimum atomic E-state index is -0.0252. The van der Waals surface area contributed by atoms with Gasteiger partial charge in [-0.25, -0.2) is 0 Å². The van der Waals surface area contributed by atoms with E-state index < -0.39 is 0 Å². The van der Waals surface area contributed by atoms with Crippen molar-refractivity contribution in [2.75, 3.05) is 0 Å². The average molecular weight is 377 g/mol. The summed E-state index contributed by atoms with van der Waals surface area (Å²) in [7, 11) is 0. The summed E-state index contributed by atoms with van der Waals surface area (Å²) < 4.78 is 1.03. The summed E-state index contributed by atoms with van der Waals surface area (Å²) in [5.74, 6) is 0. The quantitative estimate of drug-likeness (QED) is 0.718. The fraction of sp³-hybridized carbons (Fsp3) is 0.143. The van der Waals surface area contributed by atoms with Gasteiger partial charge in [0.15, 0.2) is 0 Å². The second kappa shape index (κ2) is 6.51. The van der Waals surface area contributed by atoms with Gasteiger partial charge in [-0.2, -0.15) is 0 Å². The van der Waals surface area contributed by atoms with Crippen LogP contribution in [0.25, 0.3) is 0 Å². The van der Waals surface area contributed by atoms with E-state index in [9.17, 15) is 0 Å². The van der Waals surface area contributed by atoms with Crippen molar-refractivity contribution in [1.82, 2.24) is 0 Å². The third-order valence-corrected chi connectivity index (χ3v) is 4.89. The SMILES string of the molecule is CC(N)c1cc(Br)ccc1Sc1ccc(Cl)c(Cl)c1. The maximum atomic E-state index is 6.03. The van der Waals surface area contributed by atoms with E-state index >= 15 is 0 Å². The zero-order valence-corrected chi connectivity index (χ0v) is 14.1. The lowest BCUT2D eigenvalue weighted by Crippen LogP contribution is -2.06. The minimum absolute atomic E-state index is 0.0252. The molecule has 2 N–H and O–H groups in total. The molecule has 0 radical (unpaired) electrons. The van der Waals surface area contributed by atoms with E-state index in [1.165, 1.54) is 0 Å². The average Bonchev–Trinajstić information content (AvgIpc) is 2.36. The number of hydrogen-bond donors (Lipinski definition) is 1. The molecule has 0 aliphatic rings. The summed E-state index contributed by atoms with van der Waals surface area (Å²) in [5, 5.41) is 1.13. The Kier molecular flexibility index (Phi) is 5.21. The molecular formula is C14H12BrCl2NS. The zero-order chi connectivity index (χ0) is 14.0. The normalized spacial score (nSPS) is 12.5. The van der Waals surface area contributed by atoms with E-state index in [0.717, 1.165) is 19.8 Å². The summed E-state index contributed by atoms with van der Waals surface area (Å²) in [5.41, 5.74) is 7.11. The summed E-state index contributed by atoms with van der Waals surface area (Å²) in [6.45, 7) is 1.97. The van der Waals surface area contributed by atoms with Gasteiger partial charge in [0, 0.05) is 20.3 Å². The Bertz CT molecular complexity index is 602. The van der Waals surface area contributed by atoms with Crippen molar-refractivity contribution in [2.45, 2.75) is 22.8 Å². The molecule has 1 atom stereocenters. The second-order valence-electron chi connectivity index (χ2n) is 4.15. The molecule has 0 saturated heterocycles. The number of rotatable bonds is 3. The highest BCUT2D eigenvalue weighted by atomic mass is 79.9. The van der Waals surface area contributed by atoms with Crippen molar-refractivity contribution in [3.63, 3.8) is 0 Å². The molecule has 1 unspecified atom stereocenters. The Hall–Kier alpha value is -0.190. The van der Waals surface area contributed by atoms with Gasteiger partial charge in [-0.05, 0) is 48.9 Å². The van der Waals surface area contributed by atoms with Crippen LogP contribution >= 0.6 is 50.9 Å². The predicted molar refractivity (Wildman–Crippen MR) is 87.3 cm³/mol. The third-order valence-electron chi connectivity index (χ3n) is 2.58. The molecule has 19 heavy (non-hydrogen) atoms.